The molecule has 0 aromatic heterocycles. The van der Waals surface area contributed by atoms with Gasteiger partial charge in [0.1, 0.15) is 0 Å². The van der Waals surface area contributed by atoms with E-state index >= 15 is 0 Å². The Kier molecular flexibility index (Phi) is 6.14. The molecule has 2 rings (SSSR count). The van der Waals surface area contributed by atoms with Gasteiger partial charge in [0.15, 0.2) is 0 Å². The molecule has 0 radical (unpaired) electrons. The predicted molar refractivity (Wildman–Crippen MR) is 90.7 cm³/mol. The largest absolute Gasteiger partial charge is 0.377 e. The molecule has 0 saturated heterocycles. The van der Waals surface area contributed by atoms with Crippen molar-refractivity contribution in [3.05, 3.63) is 11.8 Å². The number of allylic oxidation sites excluding steroid dienone is 2. The second-order valence-corrected chi connectivity index (χ2v) is 6.98. The summed E-state index contributed by atoms with van der Waals surface area (Å²) in [5, 5.41) is 8.27. The first-order valence-corrected chi connectivity index (χ1v) is 9.06. The molecule has 2 aliphatic rings. The van der Waals surface area contributed by atoms with Crippen LogP contribution in [0.5, 0.6) is 0 Å². The molecule has 3 unspecified atom stereocenters. The average molecular weight is 293 g/mol. The van der Waals surface area contributed by atoms with Crippen LogP contribution >= 0.6 is 11.8 Å². The summed E-state index contributed by atoms with van der Waals surface area (Å²) < 4.78 is 0. The van der Waals surface area contributed by atoms with Crippen LogP contribution in [-0.4, -0.2) is 42.9 Å². The van der Waals surface area contributed by atoms with Gasteiger partial charge in [0.05, 0.1) is 0 Å². The molecule has 112 valence electrons. The van der Waals surface area contributed by atoms with E-state index in [0.29, 0.717) is 17.8 Å². The molecule has 0 aromatic carbocycles. The van der Waals surface area contributed by atoms with Crippen molar-refractivity contribution < 1.29 is 0 Å². The van der Waals surface area contributed by atoms with Crippen LogP contribution in [0.15, 0.2) is 22.0 Å². The number of fused-ring (bicyclic) bond motifs is 1. The maximum atomic E-state index is 4.17. The SMILES string of the molecule is CSCCN(C)C1=CCCC2C=NN=CCC2C(C)C1. The maximum absolute atomic E-state index is 4.17. The summed E-state index contributed by atoms with van der Waals surface area (Å²) in [6, 6.07) is 0. The van der Waals surface area contributed by atoms with E-state index in [-0.39, 0.29) is 0 Å². The third-order valence-corrected chi connectivity index (χ3v) is 5.19. The molecule has 0 saturated carbocycles. The van der Waals surface area contributed by atoms with E-state index in [4.69, 9.17) is 0 Å². The van der Waals surface area contributed by atoms with Crippen molar-refractivity contribution in [2.45, 2.75) is 32.6 Å². The fourth-order valence-corrected chi connectivity index (χ4v) is 3.72. The van der Waals surface area contributed by atoms with Gasteiger partial charge in [0, 0.05) is 37.5 Å². The van der Waals surface area contributed by atoms with Gasteiger partial charge in [-0.05, 0) is 49.7 Å². The highest BCUT2D eigenvalue weighted by Crippen LogP contribution is 2.34. The van der Waals surface area contributed by atoms with Crippen molar-refractivity contribution in [3.63, 3.8) is 0 Å². The smallest absolute Gasteiger partial charge is 0.0304 e. The van der Waals surface area contributed by atoms with Gasteiger partial charge >= 0.3 is 0 Å². The van der Waals surface area contributed by atoms with Gasteiger partial charge in [0.25, 0.3) is 0 Å². The number of hydrogen-bond donors (Lipinski definition) is 0. The third-order valence-electron chi connectivity index (χ3n) is 4.60. The van der Waals surface area contributed by atoms with Gasteiger partial charge < -0.3 is 4.90 Å². The van der Waals surface area contributed by atoms with Gasteiger partial charge in [-0.2, -0.15) is 22.0 Å². The molecule has 0 aromatic rings. The molecule has 0 spiro atoms. The summed E-state index contributed by atoms with van der Waals surface area (Å²) in [6.45, 7) is 3.54. The number of hydrogen-bond acceptors (Lipinski definition) is 4. The highest BCUT2D eigenvalue weighted by molar-refractivity contribution is 7.98. The van der Waals surface area contributed by atoms with Gasteiger partial charge in [-0.1, -0.05) is 13.0 Å². The van der Waals surface area contributed by atoms with E-state index in [2.05, 4.69) is 47.6 Å². The normalized spacial score (nSPS) is 29.9. The van der Waals surface area contributed by atoms with Crippen molar-refractivity contribution in [1.29, 1.82) is 0 Å². The second-order valence-electron chi connectivity index (χ2n) is 5.99. The zero-order chi connectivity index (χ0) is 14.4. The monoisotopic (exact) mass is 293 g/mol. The Morgan fingerprint density at radius 1 is 1.40 bits per heavy atom. The molecule has 3 atom stereocenters. The van der Waals surface area contributed by atoms with Crippen LogP contribution in [0.4, 0.5) is 0 Å². The minimum absolute atomic E-state index is 0.599. The fraction of sp³-hybridized carbons (Fsp3) is 0.750. The Bertz CT molecular complexity index is 389. The molecule has 1 aliphatic carbocycles. The quantitative estimate of drug-likeness (QED) is 0.791. The lowest BCUT2D eigenvalue weighted by molar-refractivity contribution is 0.266. The topological polar surface area (TPSA) is 28.0 Å². The fourth-order valence-electron chi connectivity index (χ4n) is 3.26. The van der Waals surface area contributed by atoms with Crippen molar-refractivity contribution in [3.8, 4) is 0 Å². The third kappa shape index (κ3) is 4.11. The van der Waals surface area contributed by atoms with Gasteiger partial charge in [-0.3, -0.25) is 0 Å². The van der Waals surface area contributed by atoms with Crippen LogP contribution in [0.2, 0.25) is 0 Å². The first kappa shape index (κ1) is 15.6. The van der Waals surface area contributed by atoms with E-state index in [1.54, 1.807) is 0 Å². The lowest BCUT2D eigenvalue weighted by Gasteiger charge is -2.33. The first-order chi connectivity index (χ1) is 9.72. The minimum atomic E-state index is 0.599. The highest BCUT2D eigenvalue weighted by atomic mass is 32.2. The number of rotatable bonds is 4. The Balaban J connectivity index is 2.05. The van der Waals surface area contributed by atoms with E-state index < -0.39 is 0 Å². The first-order valence-electron chi connectivity index (χ1n) is 7.66. The highest BCUT2D eigenvalue weighted by Gasteiger charge is 2.28. The van der Waals surface area contributed by atoms with Crippen molar-refractivity contribution in [2.75, 3.05) is 25.6 Å². The summed E-state index contributed by atoms with van der Waals surface area (Å²) >= 11 is 1.92. The van der Waals surface area contributed by atoms with Gasteiger partial charge in [0.2, 0.25) is 0 Å². The Labute approximate surface area is 127 Å². The molecular weight excluding hydrogens is 266 g/mol. The zero-order valence-corrected chi connectivity index (χ0v) is 13.8. The summed E-state index contributed by atoms with van der Waals surface area (Å²) in [5.41, 5.74) is 1.53. The summed E-state index contributed by atoms with van der Waals surface area (Å²) in [6.07, 6.45) is 13.4. The molecule has 20 heavy (non-hydrogen) atoms. The molecule has 0 amide bonds. The average Bonchev–Trinajstić information content (AvgIpc) is 2.66. The zero-order valence-electron chi connectivity index (χ0n) is 13.0. The Morgan fingerprint density at radius 3 is 3.05 bits per heavy atom. The standard InChI is InChI=1S/C16H27N3S/c1-13-11-15(19(2)9-10-20-3)6-4-5-14-12-18-17-8-7-16(13)14/h6,8,12-14,16H,4-5,7,9-11H2,1-3H3. The summed E-state index contributed by atoms with van der Waals surface area (Å²) in [5.74, 6) is 3.19. The van der Waals surface area contributed by atoms with Gasteiger partial charge in [-0.15, -0.1) is 0 Å². The van der Waals surface area contributed by atoms with E-state index in [1.165, 1.54) is 30.7 Å². The minimum Gasteiger partial charge on any atom is -0.377 e. The van der Waals surface area contributed by atoms with E-state index in [9.17, 15) is 0 Å². The van der Waals surface area contributed by atoms with Crippen LogP contribution in [0.1, 0.15) is 32.6 Å². The molecule has 0 bridgehead atoms. The molecule has 3 nitrogen and oxygen atoms in total. The molecule has 0 fully saturated rings. The van der Waals surface area contributed by atoms with Crippen LogP contribution < -0.4 is 0 Å². The summed E-state index contributed by atoms with van der Waals surface area (Å²) in [7, 11) is 2.24. The molecule has 4 heteroatoms. The maximum Gasteiger partial charge on any atom is 0.0304 e. The lowest BCUT2D eigenvalue weighted by Crippen LogP contribution is -2.29. The Hall–Kier alpha value is -0.770. The van der Waals surface area contributed by atoms with Gasteiger partial charge in [-0.25, -0.2) is 0 Å². The lowest BCUT2D eigenvalue weighted by atomic mass is 9.75. The van der Waals surface area contributed by atoms with Crippen molar-refractivity contribution in [1.82, 2.24) is 4.90 Å². The summed E-state index contributed by atoms with van der Waals surface area (Å²) in [4.78, 5) is 2.45. The molecular formula is C16H27N3S. The van der Waals surface area contributed by atoms with Crippen molar-refractivity contribution >= 4 is 24.2 Å². The van der Waals surface area contributed by atoms with E-state index in [0.717, 1.165) is 13.0 Å². The number of nitrogens with zero attached hydrogens (tertiary/aromatic N) is 3. The van der Waals surface area contributed by atoms with Crippen LogP contribution in [0.3, 0.4) is 0 Å². The van der Waals surface area contributed by atoms with Crippen LogP contribution in [-0.2, 0) is 0 Å². The second kappa shape index (κ2) is 7.87. The molecule has 0 N–H and O–H groups in total. The van der Waals surface area contributed by atoms with Crippen LogP contribution in [0, 0.1) is 17.8 Å². The molecule has 1 heterocycles. The number of thioether (sulfide) groups is 1. The Morgan fingerprint density at radius 2 is 2.25 bits per heavy atom. The van der Waals surface area contributed by atoms with E-state index in [1.807, 2.05) is 18.0 Å². The van der Waals surface area contributed by atoms with Crippen molar-refractivity contribution in [2.24, 2.45) is 28.0 Å². The molecule has 1 aliphatic heterocycles. The predicted octanol–water partition coefficient (Wildman–Crippen LogP) is 3.68. The van der Waals surface area contributed by atoms with Crippen LogP contribution in [0.25, 0.3) is 0 Å².